The molecule has 3 aromatic carbocycles. The predicted molar refractivity (Wildman–Crippen MR) is 167 cm³/mol. The Hall–Kier alpha value is -3.62. The molecule has 228 valence electrons. The van der Waals surface area contributed by atoms with Crippen LogP contribution in [0, 0.1) is 17.8 Å². The molecule has 8 heteroatoms. The number of halogens is 2. The first-order valence-corrected chi connectivity index (χ1v) is 15.9. The number of H-pyrrole nitrogens is 1. The Balaban J connectivity index is 1.01. The van der Waals surface area contributed by atoms with E-state index < -0.39 is 6.61 Å². The second kappa shape index (κ2) is 11.4. The first-order chi connectivity index (χ1) is 21.5. The second-order valence-corrected chi connectivity index (χ2v) is 13.1. The average molecular weight is 598 g/mol. The summed E-state index contributed by atoms with van der Waals surface area (Å²) in [5, 5.41) is 2.36. The van der Waals surface area contributed by atoms with Crippen molar-refractivity contribution in [2.24, 2.45) is 22.7 Å². The molecule has 3 heterocycles. The maximum Gasteiger partial charge on any atom is 0.345 e. The standard InChI is InChI=1S/C36H37F2N3O3/c1-42-17-20-3-5-25(11-20)35-39-16-33(41-35)24-6-8-27-26(12-24)19-43-34-15-28-22(13-30(27)34)7-9-31-29(28)14-32(40-31)23-4-2-21(10-23)18-44-36(37)38/h6-9,12-13,15-16,20-21,23,25,36H,2-5,10-11,14,17-19H2,1H3,(H,39,41)/t20-,21-,23+,25+/m1/s1. The van der Waals surface area contributed by atoms with Gasteiger partial charge in [-0.05, 0) is 114 Å². The van der Waals surface area contributed by atoms with E-state index in [0.717, 1.165) is 79.2 Å². The van der Waals surface area contributed by atoms with Crippen LogP contribution < -0.4 is 4.74 Å². The number of hydrogen-bond acceptors (Lipinski definition) is 5. The van der Waals surface area contributed by atoms with Gasteiger partial charge < -0.3 is 19.2 Å². The summed E-state index contributed by atoms with van der Waals surface area (Å²) in [4.78, 5) is 13.4. The molecule has 0 bridgehead atoms. The molecule has 4 aliphatic rings. The summed E-state index contributed by atoms with van der Waals surface area (Å²) in [7, 11) is 1.78. The first-order valence-electron chi connectivity index (χ1n) is 15.9. The lowest BCUT2D eigenvalue weighted by molar-refractivity contribution is -0.137. The fourth-order valence-corrected chi connectivity index (χ4v) is 8.07. The Kier molecular flexibility index (Phi) is 7.22. The lowest BCUT2D eigenvalue weighted by Gasteiger charge is -2.22. The van der Waals surface area contributed by atoms with E-state index in [1.807, 2.05) is 6.20 Å². The van der Waals surface area contributed by atoms with E-state index in [1.165, 1.54) is 39.6 Å². The number of imidazole rings is 1. The zero-order valence-electron chi connectivity index (χ0n) is 25.0. The number of benzene rings is 3. The molecule has 44 heavy (non-hydrogen) atoms. The van der Waals surface area contributed by atoms with Gasteiger partial charge in [0.05, 0.1) is 24.2 Å². The van der Waals surface area contributed by atoms with Crippen molar-refractivity contribution >= 4 is 22.2 Å². The number of aromatic nitrogens is 2. The molecule has 2 fully saturated rings. The molecule has 0 amide bonds. The molecule has 4 aromatic rings. The van der Waals surface area contributed by atoms with E-state index in [-0.39, 0.29) is 12.5 Å². The molecule has 2 aliphatic carbocycles. The highest BCUT2D eigenvalue weighted by Gasteiger charge is 2.32. The van der Waals surface area contributed by atoms with Crippen LogP contribution in [0.5, 0.6) is 5.75 Å². The van der Waals surface area contributed by atoms with Gasteiger partial charge in [-0.1, -0.05) is 18.2 Å². The zero-order chi connectivity index (χ0) is 29.8. The summed E-state index contributed by atoms with van der Waals surface area (Å²) in [5.74, 6) is 3.58. The summed E-state index contributed by atoms with van der Waals surface area (Å²) < 4.78 is 41.4. The largest absolute Gasteiger partial charge is 0.488 e. The van der Waals surface area contributed by atoms with Crippen molar-refractivity contribution in [3.05, 3.63) is 65.6 Å². The number of nitrogens with zero attached hydrogens (tertiary/aromatic N) is 2. The minimum Gasteiger partial charge on any atom is -0.488 e. The number of fused-ring (bicyclic) bond motifs is 6. The molecule has 1 aromatic heterocycles. The highest BCUT2D eigenvalue weighted by Crippen LogP contribution is 2.46. The topological polar surface area (TPSA) is 68.7 Å². The van der Waals surface area contributed by atoms with Gasteiger partial charge in [0.1, 0.15) is 18.2 Å². The first kappa shape index (κ1) is 27.9. The fourth-order valence-electron chi connectivity index (χ4n) is 8.07. The SMILES string of the molecule is COC[C@@H]1CC[C@H](c2ncc(-c3ccc4c(c3)COc3cc5c6c(ccc5cc3-4)N=C([C@H]3CC[C@@H](COC(F)F)C3)C6)[nH]2)C1. The van der Waals surface area contributed by atoms with Crippen molar-refractivity contribution in [3.8, 4) is 28.1 Å². The third kappa shape index (κ3) is 5.12. The third-order valence-corrected chi connectivity index (χ3v) is 10.3. The number of nitrogens with one attached hydrogen (secondary N) is 1. The molecule has 0 spiro atoms. The van der Waals surface area contributed by atoms with E-state index in [9.17, 15) is 8.78 Å². The van der Waals surface area contributed by atoms with Gasteiger partial charge in [0, 0.05) is 37.3 Å². The molecular formula is C36H37F2N3O3. The van der Waals surface area contributed by atoms with Crippen LogP contribution in [0.25, 0.3) is 33.2 Å². The van der Waals surface area contributed by atoms with Gasteiger partial charge in [0.2, 0.25) is 0 Å². The van der Waals surface area contributed by atoms with Crippen LogP contribution in [0.2, 0.25) is 0 Å². The Morgan fingerprint density at radius 1 is 0.955 bits per heavy atom. The number of hydrogen-bond donors (Lipinski definition) is 1. The molecule has 0 saturated heterocycles. The minimum absolute atomic E-state index is 0.128. The molecule has 0 radical (unpaired) electrons. The molecule has 2 aliphatic heterocycles. The summed E-state index contributed by atoms with van der Waals surface area (Å²) >= 11 is 0. The quantitative estimate of drug-likeness (QED) is 0.221. The monoisotopic (exact) mass is 597 g/mol. The van der Waals surface area contributed by atoms with Gasteiger partial charge in [0.15, 0.2) is 0 Å². The van der Waals surface area contributed by atoms with Crippen LogP contribution in [0.3, 0.4) is 0 Å². The number of ether oxygens (including phenoxy) is 3. The number of aromatic amines is 1. The lowest BCUT2D eigenvalue weighted by Crippen LogP contribution is -2.14. The fraction of sp³-hybridized carbons (Fsp3) is 0.444. The molecule has 0 unspecified atom stereocenters. The predicted octanol–water partition coefficient (Wildman–Crippen LogP) is 8.60. The van der Waals surface area contributed by atoms with Crippen LogP contribution in [-0.2, 0) is 22.5 Å². The van der Waals surface area contributed by atoms with E-state index in [0.29, 0.717) is 24.4 Å². The molecule has 6 nitrogen and oxygen atoms in total. The maximum absolute atomic E-state index is 12.5. The zero-order valence-corrected chi connectivity index (χ0v) is 25.0. The average Bonchev–Trinajstić information content (AvgIpc) is 3.85. The summed E-state index contributed by atoms with van der Waals surface area (Å²) in [6.45, 7) is -1.22. The molecule has 2 saturated carbocycles. The normalized spacial score (nSPS) is 24.0. The maximum atomic E-state index is 12.5. The Labute approximate surface area is 255 Å². The number of aliphatic imine (C=N–C) groups is 1. The highest BCUT2D eigenvalue weighted by atomic mass is 19.3. The highest BCUT2D eigenvalue weighted by molar-refractivity contribution is 6.04. The van der Waals surface area contributed by atoms with E-state index in [4.69, 9.17) is 19.5 Å². The van der Waals surface area contributed by atoms with Crippen LogP contribution in [-0.4, -0.2) is 42.6 Å². The van der Waals surface area contributed by atoms with E-state index >= 15 is 0 Å². The molecule has 1 N–H and O–H groups in total. The van der Waals surface area contributed by atoms with Crippen LogP contribution in [0.1, 0.15) is 61.4 Å². The van der Waals surface area contributed by atoms with E-state index in [1.54, 1.807) is 7.11 Å². The van der Waals surface area contributed by atoms with Crippen molar-refractivity contribution in [1.29, 1.82) is 0 Å². The summed E-state index contributed by atoms with van der Waals surface area (Å²) in [6, 6.07) is 15.3. The van der Waals surface area contributed by atoms with Crippen molar-refractivity contribution in [3.63, 3.8) is 0 Å². The van der Waals surface area contributed by atoms with Crippen molar-refractivity contribution in [1.82, 2.24) is 9.97 Å². The molecule has 8 rings (SSSR count). The Morgan fingerprint density at radius 3 is 2.66 bits per heavy atom. The number of rotatable bonds is 8. The van der Waals surface area contributed by atoms with Gasteiger partial charge in [-0.2, -0.15) is 8.78 Å². The van der Waals surface area contributed by atoms with Gasteiger partial charge in [-0.3, -0.25) is 4.99 Å². The Bertz CT molecular complexity index is 1750. The third-order valence-electron chi connectivity index (χ3n) is 10.3. The van der Waals surface area contributed by atoms with Crippen molar-refractivity contribution in [2.45, 2.75) is 64.1 Å². The van der Waals surface area contributed by atoms with Gasteiger partial charge in [-0.25, -0.2) is 4.98 Å². The van der Waals surface area contributed by atoms with Crippen LogP contribution in [0.4, 0.5) is 14.5 Å². The van der Waals surface area contributed by atoms with Gasteiger partial charge in [-0.15, -0.1) is 0 Å². The van der Waals surface area contributed by atoms with Crippen molar-refractivity contribution in [2.75, 3.05) is 20.3 Å². The Morgan fingerprint density at radius 2 is 1.80 bits per heavy atom. The molecular weight excluding hydrogens is 560 g/mol. The van der Waals surface area contributed by atoms with Crippen molar-refractivity contribution < 1.29 is 23.0 Å². The van der Waals surface area contributed by atoms with Crippen LogP contribution in [0.15, 0.2) is 53.7 Å². The smallest absolute Gasteiger partial charge is 0.345 e. The number of alkyl halides is 2. The van der Waals surface area contributed by atoms with E-state index in [2.05, 4.69) is 52.2 Å². The van der Waals surface area contributed by atoms with Gasteiger partial charge >= 0.3 is 6.61 Å². The minimum atomic E-state index is -2.70. The summed E-state index contributed by atoms with van der Waals surface area (Å²) in [5.41, 5.74) is 9.09. The van der Waals surface area contributed by atoms with Crippen LogP contribution >= 0.6 is 0 Å². The number of methoxy groups -OCH3 is 1. The molecule has 4 atom stereocenters. The second-order valence-electron chi connectivity index (χ2n) is 13.1. The van der Waals surface area contributed by atoms with Gasteiger partial charge in [0.25, 0.3) is 0 Å². The summed E-state index contributed by atoms with van der Waals surface area (Å²) in [6.07, 6.45) is 9.00. The lowest BCUT2D eigenvalue weighted by atomic mass is 9.90.